The van der Waals surface area contributed by atoms with E-state index < -0.39 is 0 Å². The standard InChI is InChI=1S/C11H12OS/c1-2-4-10(5-3-1)11-6-7-12-8-9-13-11/h1-6H,7-9H2. The first-order valence-corrected chi connectivity index (χ1v) is 5.41. The fraction of sp³-hybridized carbons (Fsp3) is 0.273. The van der Waals surface area contributed by atoms with Crippen LogP contribution in [0.5, 0.6) is 0 Å². The van der Waals surface area contributed by atoms with Gasteiger partial charge in [-0.15, -0.1) is 11.8 Å². The highest BCUT2D eigenvalue weighted by molar-refractivity contribution is 8.08. The molecule has 1 nitrogen and oxygen atoms in total. The van der Waals surface area contributed by atoms with Gasteiger partial charge in [0.25, 0.3) is 0 Å². The Labute approximate surface area is 82.8 Å². The van der Waals surface area contributed by atoms with E-state index in [-0.39, 0.29) is 0 Å². The molecule has 0 spiro atoms. The van der Waals surface area contributed by atoms with Gasteiger partial charge in [0.15, 0.2) is 0 Å². The van der Waals surface area contributed by atoms with Crippen LogP contribution in [0.4, 0.5) is 0 Å². The third kappa shape index (κ3) is 2.36. The molecule has 0 bridgehead atoms. The van der Waals surface area contributed by atoms with Gasteiger partial charge in [0.05, 0.1) is 13.2 Å². The zero-order valence-corrected chi connectivity index (χ0v) is 8.22. The van der Waals surface area contributed by atoms with Crippen LogP contribution in [0.2, 0.25) is 0 Å². The third-order valence-corrected chi connectivity index (χ3v) is 3.01. The van der Waals surface area contributed by atoms with Crippen molar-refractivity contribution in [2.45, 2.75) is 0 Å². The molecule has 1 aliphatic heterocycles. The molecule has 0 fully saturated rings. The molecular formula is C11H12OS. The van der Waals surface area contributed by atoms with Gasteiger partial charge >= 0.3 is 0 Å². The Morgan fingerprint density at radius 1 is 1.15 bits per heavy atom. The quantitative estimate of drug-likeness (QED) is 0.676. The van der Waals surface area contributed by atoms with Gasteiger partial charge in [-0.05, 0) is 11.6 Å². The summed E-state index contributed by atoms with van der Waals surface area (Å²) in [5, 5.41) is 0. The van der Waals surface area contributed by atoms with Gasteiger partial charge in [-0.25, -0.2) is 0 Å². The summed E-state index contributed by atoms with van der Waals surface area (Å²) in [4.78, 5) is 1.35. The van der Waals surface area contributed by atoms with Gasteiger partial charge < -0.3 is 4.74 Å². The number of ether oxygens (including phenoxy) is 1. The van der Waals surface area contributed by atoms with E-state index in [1.165, 1.54) is 10.5 Å². The maximum Gasteiger partial charge on any atom is 0.0661 e. The highest BCUT2D eigenvalue weighted by atomic mass is 32.2. The van der Waals surface area contributed by atoms with E-state index in [9.17, 15) is 0 Å². The lowest BCUT2D eigenvalue weighted by Gasteiger charge is -2.02. The molecule has 0 aliphatic carbocycles. The zero-order chi connectivity index (χ0) is 8.93. The Bertz CT molecular complexity index is 292. The van der Waals surface area contributed by atoms with Crippen LogP contribution >= 0.6 is 11.8 Å². The zero-order valence-electron chi connectivity index (χ0n) is 7.40. The van der Waals surface area contributed by atoms with Crippen LogP contribution in [0.3, 0.4) is 0 Å². The molecule has 0 aromatic heterocycles. The van der Waals surface area contributed by atoms with Crippen molar-refractivity contribution in [2.75, 3.05) is 19.0 Å². The van der Waals surface area contributed by atoms with Crippen molar-refractivity contribution in [3.05, 3.63) is 42.0 Å². The molecule has 13 heavy (non-hydrogen) atoms. The molecule has 1 aromatic carbocycles. The molecule has 2 heteroatoms. The molecule has 0 radical (unpaired) electrons. The number of rotatable bonds is 1. The van der Waals surface area contributed by atoms with E-state index in [1.54, 1.807) is 0 Å². The topological polar surface area (TPSA) is 9.23 Å². The first-order valence-electron chi connectivity index (χ1n) is 4.43. The van der Waals surface area contributed by atoms with E-state index in [2.05, 4.69) is 30.3 Å². The number of hydrogen-bond acceptors (Lipinski definition) is 2. The minimum atomic E-state index is 0.747. The van der Waals surface area contributed by atoms with Crippen LogP contribution in [0.25, 0.3) is 4.91 Å². The van der Waals surface area contributed by atoms with Crippen molar-refractivity contribution in [3.63, 3.8) is 0 Å². The monoisotopic (exact) mass is 192 g/mol. The normalized spacial score (nSPS) is 17.7. The van der Waals surface area contributed by atoms with Gasteiger partial charge in [-0.3, -0.25) is 0 Å². The molecule has 0 saturated carbocycles. The van der Waals surface area contributed by atoms with Crippen molar-refractivity contribution in [1.82, 2.24) is 0 Å². The molecule has 0 saturated heterocycles. The van der Waals surface area contributed by atoms with E-state index >= 15 is 0 Å². The fourth-order valence-corrected chi connectivity index (χ4v) is 2.20. The van der Waals surface area contributed by atoms with Crippen LogP contribution < -0.4 is 0 Å². The van der Waals surface area contributed by atoms with Crippen LogP contribution in [0.1, 0.15) is 5.56 Å². The van der Waals surface area contributed by atoms with Gasteiger partial charge in [0, 0.05) is 10.7 Å². The second-order valence-electron chi connectivity index (χ2n) is 2.86. The summed E-state index contributed by atoms with van der Waals surface area (Å²) in [6, 6.07) is 10.5. The summed E-state index contributed by atoms with van der Waals surface area (Å²) in [5.74, 6) is 1.06. The summed E-state index contributed by atoms with van der Waals surface area (Å²) >= 11 is 1.87. The Balaban J connectivity index is 2.19. The van der Waals surface area contributed by atoms with Gasteiger partial charge in [0.1, 0.15) is 0 Å². The predicted molar refractivity (Wildman–Crippen MR) is 57.7 cm³/mol. The Morgan fingerprint density at radius 3 is 2.85 bits per heavy atom. The van der Waals surface area contributed by atoms with Crippen LogP contribution in [-0.2, 0) is 4.74 Å². The highest BCUT2D eigenvalue weighted by Crippen LogP contribution is 2.28. The third-order valence-electron chi connectivity index (χ3n) is 1.93. The maximum absolute atomic E-state index is 5.35. The van der Waals surface area contributed by atoms with Gasteiger partial charge in [0.2, 0.25) is 0 Å². The summed E-state index contributed by atoms with van der Waals surface area (Å²) < 4.78 is 5.35. The summed E-state index contributed by atoms with van der Waals surface area (Å²) in [6.45, 7) is 1.61. The fourth-order valence-electron chi connectivity index (χ4n) is 1.29. The van der Waals surface area contributed by atoms with E-state index in [0.29, 0.717) is 0 Å². The first kappa shape index (κ1) is 8.85. The molecule has 0 unspecified atom stereocenters. The summed E-state index contributed by atoms with van der Waals surface area (Å²) in [5.41, 5.74) is 1.30. The smallest absolute Gasteiger partial charge is 0.0661 e. The van der Waals surface area contributed by atoms with Crippen LogP contribution in [-0.4, -0.2) is 19.0 Å². The Morgan fingerprint density at radius 2 is 2.00 bits per heavy atom. The van der Waals surface area contributed by atoms with Gasteiger partial charge in [-0.2, -0.15) is 0 Å². The van der Waals surface area contributed by atoms with Gasteiger partial charge in [-0.1, -0.05) is 30.3 Å². The molecule has 2 rings (SSSR count). The largest absolute Gasteiger partial charge is 0.376 e. The Kier molecular flexibility index (Phi) is 3.06. The average Bonchev–Trinajstić information content (AvgIpc) is 2.47. The van der Waals surface area contributed by atoms with Crippen molar-refractivity contribution in [2.24, 2.45) is 0 Å². The molecule has 0 amide bonds. The number of hydrogen-bond donors (Lipinski definition) is 0. The minimum absolute atomic E-state index is 0.747. The second kappa shape index (κ2) is 4.49. The number of benzene rings is 1. The second-order valence-corrected chi connectivity index (χ2v) is 3.99. The molecule has 0 N–H and O–H groups in total. The number of thioether (sulfide) groups is 1. The first-order chi connectivity index (χ1) is 6.47. The molecule has 1 aromatic rings. The summed E-state index contributed by atoms with van der Waals surface area (Å²) in [7, 11) is 0. The van der Waals surface area contributed by atoms with Crippen molar-refractivity contribution in [3.8, 4) is 0 Å². The summed E-state index contributed by atoms with van der Waals surface area (Å²) in [6.07, 6.45) is 2.16. The molecule has 1 heterocycles. The van der Waals surface area contributed by atoms with E-state index in [4.69, 9.17) is 4.74 Å². The highest BCUT2D eigenvalue weighted by Gasteiger charge is 2.04. The lowest BCUT2D eigenvalue weighted by Crippen LogP contribution is -1.92. The van der Waals surface area contributed by atoms with Crippen molar-refractivity contribution < 1.29 is 4.74 Å². The molecule has 1 aliphatic rings. The average molecular weight is 192 g/mol. The SMILES string of the molecule is C1=C(c2ccccc2)SCCOC1. The lowest BCUT2D eigenvalue weighted by molar-refractivity contribution is 0.181. The molecule has 68 valence electrons. The van der Waals surface area contributed by atoms with Crippen molar-refractivity contribution in [1.29, 1.82) is 0 Å². The maximum atomic E-state index is 5.35. The molecule has 0 atom stereocenters. The molecular weight excluding hydrogens is 180 g/mol. The van der Waals surface area contributed by atoms with Crippen LogP contribution in [0, 0.1) is 0 Å². The van der Waals surface area contributed by atoms with E-state index in [1.807, 2.05) is 17.8 Å². The Hall–Kier alpha value is -0.730. The van der Waals surface area contributed by atoms with E-state index in [0.717, 1.165) is 19.0 Å². The van der Waals surface area contributed by atoms with Crippen molar-refractivity contribution >= 4 is 16.7 Å². The van der Waals surface area contributed by atoms with Crippen LogP contribution in [0.15, 0.2) is 36.4 Å². The lowest BCUT2D eigenvalue weighted by atomic mass is 10.2. The minimum Gasteiger partial charge on any atom is -0.376 e. The predicted octanol–water partition coefficient (Wildman–Crippen LogP) is 2.79.